The number of hydrogen-bond acceptors (Lipinski definition) is 5. The minimum Gasteiger partial charge on any atom is -0.481 e. The maximum Gasteiger partial charge on any atom is 0.306 e. The predicted molar refractivity (Wildman–Crippen MR) is 89.0 cm³/mol. The lowest BCUT2D eigenvalue weighted by Gasteiger charge is -2.31. The Morgan fingerprint density at radius 1 is 1.20 bits per heavy atom. The molecule has 1 aliphatic heterocycles. The summed E-state index contributed by atoms with van der Waals surface area (Å²) in [6, 6.07) is 5.25. The van der Waals surface area contributed by atoms with Gasteiger partial charge in [0.1, 0.15) is 17.5 Å². The van der Waals surface area contributed by atoms with Gasteiger partial charge in [0.2, 0.25) is 0 Å². The maximum absolute atomic E-state index is 13.3. The monoisotopic (exact) mass is 348 g/mol. The molecule has 1 aromatic heterocycles. The lowest BCUT2D eigenvalue weighted by Crippen LogP contribution is -2.36. The van der Waals surface area contributed by atoms with E-state index in [0.717, 1.165) is 12.1 Å². The number of anilines is 3. The average molecular weight is 348 g/mol. The molecule has 0 saturated carbocycles. The highest BCUT2D eigenvalue weighted by molar-refractivity contribution is 5.70. The summed E-state index contributed by atoms with van der Waals surface area (Å²) in [6.07, 6.45) is 1.12. The fourth-order valence-electron chi connectivity index (χ4n) is 2.86. The Bertz CT molecular complexity index is 792. The Morgan fingerprint density at radius 3 is 2.56 bits per heavy atom. The Hall–Kier alpha value is -2.77. The highest BCUT2D eigenvalue weighted by atomic mass is 19.2. The summed E-state index contributed by atoms with van der Waals surface area (Å²) in [5, 5.41) is 12.0. The number of carbonyl (C=O) groups is 1. The lowest BCUT2D eigenvalue weighted by molar-refractivity contribution is -0.142. The van der Waals surface area contributed by atoms with Crippen molar-refractivity contribution in [3.8, 4) is 0 Å². The van der Waals surface area contributed by atoms with Gasteiger partial charge in [0, 0.05) is 30.9 Å². The van der Waals surface area contributed by atoms with Crippen LogP contribution in [0.2, 0.25) is 0 Å². The summed E-state index contributed by atoms with van der Waals surface area (Å²) in [7, 11) is 0. The maximum atomic E-state index is 13.3. The summed E-state index contributed by atoms with van der Waals surface area (Å²) in [4.78, 5) is 21.7. The third-order valence-corrected chi connectivity index (χ3v) is 4.18. The van der Waals surface area contributed by atoms with E-state index in [9.17, 15) is 13.6 Å². The second-order valence-electron chi connectivity index (χ2n) is 6.01. The van der Waals surface area contributed by atoms with Crippen LogP contribution < -0.4 is 10.2 Å². The van der Waals surface area contributed by atoms with Crippen molar-refractivity contribution in [2.45, 2.75) is 19.8 Å². The Balaban J connectivity index is 1.76. The van der Waals surface area contributed by atoms with Crippen molar-refractivity contribution in [1.82, 2.24) is 9.97 Å². The van der Waals surface area contributed by atoms with E-state index < -0.39 is 17.6 Å². The smallest absolute Gasteiger partial charge is 0.306 e. The highest BCUT2D eigenvalue weighted by Crippen LogP contribution is 2.25. The van der Waals surface area contributed by atoms with Crippen LogP contribution in [0.4, 0.5) is 26.1 Å². The van der Waals surface area contributed by atoms with Crippen LogP contribution in [-0.2, 0) is 4.79 Å². The van der Waals surface area contributed by atoms with Crippen LogP contribution in [0.3, 0.4) is 0 Å². The predicted octanol–water partition coefficient (Wildman–Crippen LogP) is 3.11. The van der Waals surface area contributed by atoms with Crippen LogP contribution in [0.5, 0.6) is 0 Å². The van der Waals surface area contributed by atoms with Gasteiger partial charge in [-0.05, 0) is 31.9 Å². The third-order valence-electron chi connectivity index (χ3n) is 4.18. The number of carboxylic acids is 1. The number of aromatic nitrogens is 2. The summed E-state index contributed by atoms with van der Waals surface area (Å²) < 4.78 is 26.3. The fourth-order valence-corrected chi connectivity index (χ4v) is 2.86. The Labute approximate surface area is 143 Å². The van der Waals surface area contributed by atoms with E-state index in [1.165, 1.54) is 6.07 Å². The number of carboxylic acid groups (broad SMARTS) is 1. The largest absolute Gasteiger partial charge is 0.481 e. The number of aliphatic carboxylic acids is 1. The zero-order valence-electron chi connectivity index (χ0n) is 13.7. The van der Waals surface area contributed by atoms with Crippen LogP contribution in [0.25, 0.3) is 0 Å². The average Bonchev–Trinajstić information content (AvgIpc) is 2.58. The Morgan fingerprint density at radius 2 is 1.92 bits per heavy atom. The van der Waals surface area contributed by atoms with Gasteiger partial charge < -0.3 is 15.3 Å². The van der Waals surface area contributed by atoms with Gasteiger partial charge in [-0.2, -0.15) is 0 Å². The van der Waals surface area contributed by atoms with Gasteiger partial charge in [-0.3, -0.25) is 4.79 Å². The molecule has 0 atom stereocenters. The molecular weight excluding hydrogens is 330 g/mol. The molecule has 0 radical (unpaired) electrons. The number of nitrogens with one attached hydrogen (secondary N) is 1. The van der Waals surface area contributed by atoms with Crippen LogP contribution in [-0.4, -0.2) is 34.1 Å². The van der Waals surface area contributed by atoms with E-state index in [-0.39, 0.29) is 5.92 Å². The first-order valence-corrected chi connectivity index (χ1v) is 7.98. The first-order valence-electron chi connectivity index (χ1n) is 7.98. The quantitative estimate of drug-likeness (QED) is 0.884. The zero-order valence-corrected chi connectivity index (χ0v) is 13.7. The number of nitrogens with zero attached hydrogens (tertiary/aromatic N) is 3. The van der Waals surface area contributed by atoms with Gasteiger partial charge in [0.25, 0.3) is 0 Å². The van der Waals surface area contributed by atoms with E-state index in [0.29, 0.717) is 49.1 Å². The van der Waals surface area contributed by atoms with Crippen molar-refractivity contribution < 1.29 is 18.7 Å². The SMILES string of the molecule is Cc1nc(Nc2ccc(F)c(F)c2)cc(N2CCC(C(=O)O)CC2)n1. The summed E-state index contributed by atoms with van der Waals surface area (Å²) in [5.74, 6) is -1.26. The van der Waals surface area contributed by atoms with Gasteiger partial charge in [-0.15, -0.1) is 0 Å². The van der Waals surface area contributed by atoms with E-state index in [1.807, 2.05) is 4.90 Å². The number of rotatable bonds is 4. The van der Waals surface area contributed by atoms with Crippen molar-refractivity contribution in [2.75, 3.05) is 23.3 Å². The Kier molecular flexibility index (Phi) is 4.78. The number of benzene rings is 1. The number of piperidine rings is 1. The molecule has 0 aliphatic carbocycles. The molecule has 3 rings (SSSR count). The molecule has 6 nitrogen and oxygen atoms in total. The number of aryl methyl sites for hydroxylation is 1. The molecular formula is C17H18F2N4O2. The molecule has 1 aliphatic rings. The molecule has 0 bridgehead atoms. The van der Waals surface area contributed by atoms with E-state index >= 15 is 0 Å². The fraction of sp³-hybridized carbons (Fsp3) is 0.353. The molecule has 1 fully saturated rings. The minimum atomic E-state index is -0.938. The van der Waals surface area contributed by atoms with Crippen LogP contribution in [0, 0.1) is 24.5 Å². The van der Waals surface area contributed by atoms with Gasteiger partial charge in [-0.1, -0.05) is 0 Å². The highest BCUT2D eigenvalue weighted by Gasteiger charge is 2.25. The van der Waals surface area contributed by atoms with Crippen molar-refractivity contribution in [3.63, 3.8) is 0 Å². The molecule has 132 valence electrons. The second-order valence-corrected chi connectivity index (χ2v) is 6.01. The standard InChI is InChI=1S/C17H18F2N4O2/c1-10-20-15(22-12-2-3-13(18)14(19)8-12)9-16(21-10)23-6-4-11(5-7-23)17(24)25/h2-3,8-9,11H,4-7H2,1H3,(H,24,25)(H,20,21,22). The lowest BCUT2D eigenvalue weighted by atomic mass is 9.97. The molecule has 0 amide bonds. The normalized spacial score (nSPS) is 15.2. The molecule has 2 aromatic rings. The minimum absolute atomic E-state index is 0.320. The molecule has 1 aromatic carbocycles. The van der Waals surface area contributed by atoms with Crippen LogP contribution in [0.15, 0.2) is 24.3 Å². The van der Waals surface area contributed by atoms with Gasteiger partial charge >= 0.3 is 5.97 Å². The van der Waals surface area contributed by atoms with Crippen molar-refractivity contribution in [1.29, 1.82) is 0 Å². The van der Waals surface area contributed by atoms with Crippen LogP contribution >= 0.6 is 0 Å². The molecule has 2 N–H and O–H groups in total. The summed E-state index contributed by atoms with van der Waals surface area (Å²) in [5.41, 5.74) is 0.382. The summed E-state index contributed by atoms with van der Waals surface area (Å²) in [6.45, 7) is 2.93. The van der Waals surface area contributed by atoms with E-state index in [1.54, 1.807) is 13.0 Å². The third kappa shape index (κ3) is 4.01. The van der Waals surface area contributed by atoms with Crippen LogP contribution in [0.1, 0.15) is 18.7 Å². The molecule has 0 unspecified atom stereocenters. The first kappa shape index (κ1) is 17.1. The molecule has 0 spiro atoms. The molecule has 25 heavy (non-hydrogen) atoms. The first-order chi connectivity index (χ1) is 11.9. The van der Waals surface area contributed by atoms with Gasteiger partial charge in [0.15, 0.2) is 11.6 Å². The topological polar surface area (TPSA) is 78.4 Å². The number of hydrogen-bond donors (Lipinski definition) is 2. The van der Waals surface area contributed by atoms with E-state index in [4.69, 9.17) is 5.11 Å². The van der Waals surface area contributed by atoms with Crippen molar-refractivity contribution in [3.05, 3.63) is 41.7 Å². The van der Waals surface area contributed by atoms with Crippen molar-refractivity contribution >= 4 is 23.3 Å². The molecule has 8 heteroatoms. The summed E-state index contributed by atoms with van der Waals surface area (Å²) >= 11 is 0. The van der Waals surface area contributed by atoms with Gasteiger partial charge in [0.05, 0.1) is 5.92 Å². The zero-order chi connectivity index (χ0) is 18.0. The van der Waals surface area contributed by atoms with E-state index in [2.05, 4.69) is 15.3 Å². The number of halogens is 2. The molecule has 2 heterocycles. The van der Waals surface area contributed by atoms with Crippen molar-refractivity contribution in [2.24, 2.45) is 5.92 Å². The molecule has 1 saturated heterocycles. The second kappa shape index (κ2) is 7.00. The van der Waals surface area contributed by atoms with Gasteiger partial charge in [-0.25, -0.2) is 18.7 Å².